The lowest BCUT2D eigenvalue weighted by Crippen LogP contribution is -2.54. The Bertz CT molecular complexity index is 482. The summed E-state index contributed by atoms with van der Waals surface area (Å²) in [5.41, 5.74) is 0.256. The van der Waals surface area contributed by atoms with Crippen molar-refractivity contribution in [1.29, 1.82) is 5.26 Å². The van der Waals surface area contributed by atoms with E-state index in [1.165, 1.54) is 12.4 Å². The molecule has 7 nitrogen and oxygen atoms in total. The SMILES string of the molecule is CCNC(=O)C1COCCN1c1cnc(C#N)cn1. The molecule has 0 spiro atoms. The second-order valence-electron chi connectivity index (χ2n) is 4.05. The molecular formula is C12H15N5O2. The van der Waals surface area contributed by atoms with Gasteiger partial charge in [-0.15, -0.1) is 0 Å². The van der Waals surface area contributed by atoms with Crippen molar-refractivity contribution in [1.82, 2.24) is 15.3 Å². The summed E-state index contributed by atoms with van der Waals surface area (Å²) in [5.74, 6) is 0.493. The lowest BCUT2D eigenvalue weighted by molar-refractivity contribution is -0.124. The Morgan fingerprint density at radius 1 is 1.63 bits per heavy atom. The van der Waals surface area contributed by atoms with E-state index in [9.17, 15) is 4.79 Å². The third-order valence-electron chi connectivity index (χ3n) is 2.83. The van der Waals surface area contributed by atoms with Crippen molar-refractivity contribution < 1.29 is 9.53 Å². The maximum absolute atomic E-state index is 12.0. The lowest BCUT2D eigenvalue weighted by Gasteiger charge is -2.35. The molecule has 1 fully saturated rings. The third kappa shape index (κ3) is 2.98. The highest BCUT2D eigenvalue weighted by molar-refractivity contribution is 5.85. The number of anilines is 1. The molecule has 0 aromatic carbocycles. The molecule has 0 aliphatic carbocycles. The molecule has 0 bridgehead atoms. The minimum atomic E-state index is -0.407. The standard InChI is InChI=1S/C12H15N5O2/c1-2-14-12(18)10-8-19-4-3-17(10)11-7-15-9(5-13)6-16-11/h6-7,10H,2-4,8H2,1H3,(H,14,18). The van der Waals surface area contributed by atoms with E-state index in [1.54, 1.807) is 0 Å². The molecule has 2 rings (SSSR count). The van der Waals surface area contributed by atoms with Gasteiger partial charge in [0.1, 0.15) is 17.9 Å². The van der Waals surface area contributed by atoms with Crippen LogP contribution in [-0.4, -0.2) is 48.2 Å². The van der Waals surface area contributed by atoms with Gasteiger partial charge in [0, 0.05) is 13.1 Å². The first-order valence-electron chi connectivity index (χ1n) is 6.10. The fourth-order valence-corrected chi connectivity index (χ4v) is 1.91. The average Bonchev–Trinajstić information content (AvgIpc) is 2.47. The summed E-state index contributed by atoms with van der Waals surface area (Å²) in [5, 5.41) is 11.5. The predicted octanol–water partition coefficient (Wildman–Crippen LogP) is -0.310. The van der Waals surface area contributed by atoms with Crippen molar-refractivity contribution in [3.8, 4) is 6.07 Å². The number of nitrogens with zero attached hydrogens (tertiary/aromatic N) is 4. The second-order valence-corrected chi connectivity index (χ2v) is 4.05. The van der Waals surface area contributed by atoms with Gasteiger partial charge in [-0.3, -0.25) is 4.79 Å². The molecule has 0 saturated carbocycles. The number of rotatable bonds is 3. The maximum Gasteiger partial charge on any atom is 0.245 e. The van der Waals surface area contributed by atoms with Gasteiger partial charge in [-0.25, -0.2) is 9.97 Å². The third-order valence-corrected chi connectivity index (χ3v) is 2.83. The average molecular weight is 261 g/mol. The van der Waals surface area contributed by atoms with E-state index < -0.39 is 6.04 Å². The van der Waals surface area contributed by atoms with E-state index in [-0.39, 0.29) is 11.6 Å². The Balaban J connectivity index is 2.18. The van der Waals surface area contributed by atoms with Crippen LogP contribution in [-0.2, 0) is 9.53 Å². The van der Waals surface area contributed by atoms with Gasteiger partial charge < -0.3 is 15.0 Å². The van der Waals surface area contributed by atoms with Crippen LogP contribution in [0.5, 0.6) is 0 Å². The molecule has 1 aromatic rings. The summed E-state index contributed by atoms with van der Waals surface area (Å²) >= 11 is 0. The number of likely N-dealkylation sites (N-methyl/N-ethyl adjacent to an activating group) is 1. The molecular weight excluding hydrogens is 246 g/mol. The van der Waals surface area contributed by atoms with Crippen molar-refractivity contribution in [2.45, 2.75) is 13.0 Å². The van der Waals surface area contributed by atoms with Crippen LogP contribution in [0, 0.1) is 11.3 Å². The van der Waals surface area contributed by atoms with Crippen LogP contribution in [0.4, 0.5) is 5.82 Å². The first-order chi connectivity index (χ1) is 9.26. The molecule has 1 amide bonds. The second kappa shape index (κ2) is 6.11. The van der Waals surface area contributed by atoms with Gasteiger partial charge in [0.05, 0.1) is 25.6 Å². The molecule has 1 aliphatic heterocycles. The molecule has 100 valence electrons. The number of aromatic nitrogens is 2. The zero-order valence-electron chi connectivity index (χ0n) is 10.7. The van der Waals surface area contributed by atoms with Gasteiger partial charge in [-0.1, -0.05) is 0 Å². The molecule has 7 heteroatoms. The zero-order chi connectivity index (χ0) is 13.7. The zero-order valence-corrected chi connectivity index (χ0v) is 10.7. The van der Waals surface area contributed by atoms with E-state index >= 15 is 0 Å². The van der Waals surface area contributed by atoms with E-state index in [4.69, 9.17) is 10.00 Å². The van der Waals surface area contributed by atoms with Crippen molar-refractivity contribution in [3.05, 3.63) is 18.1 Å². The summed E-state index contributed by atoms with van der Waals surface area (Å²) in [6.45, 7) is 3.88. The minimum Gasteiger partial charge on any atom is -0.377 e. The number of nitrogens with one attached hydrogen (secondary N) is 1. The molecule has 1 aromatic heterocycles. The number of hydrogen-bond donors (Lipinski definition) is 1. The van der Waals surface area contributed by atoms with Crippen LogP contribution in [0.2, 0.25) is 0 Å². The Kier molecular flexibility index (Phi) is 4.26. The van der Waals surface area contributed by atoms with Crippen molar-refractivity contribution in [2.75, 3.05) is 31.2 Å². The summed E-state index contributed by atoms with van der Waals surface area (Å²) in [4.78, 5) is 22.0. The number of morpholine rings is 1. The smallest absolute Gasteiger partial charge is 0.245 e. The van der Waals surface area contributed by atoms with Gasteiger partial charge in [0.2, 0.25) is 5.91 Å². The van der Waals surface area contributed by atoms with E-state index in [0.29, 0.717) is 32.1 Å². The van der Waals surface area contributed by atoms with E-state index in [0.717, 1.165) is 0 Å². The minimum absolute atomic E-state index is 0.0895. The molecule has 1 unspecified atom stereocenters. The number of hydrogen-bond acceptors (Lipinski definition) is 6. The molecule has 19 heavy (non-hydrogen) atoms. The maximum atomic E-state index is 12.0. The van der Waals surface area contributed by atoms with Crippen LogP contribution >= 0.6 is 0 Å². The lowest BCUT2D eigenvalue weighted by atomic mass is 10.2. The van der Waals surface area contributed by atoms with Crippen molar-refractivity contribution in [3.63, 3.8) is 0 Å². The fourth-order valence-electron chi connectivity index (χ4n) is 1.91. The highest BCUT2D eigenvalue weighted by Crippen LogP contribution is 2.16. The van der Waals surface area contributed by atoms with Gasteiger partial charge in [0.15, 0.2) is 5.69 Å². The summed E-state index contributed by atoms with van der Waals surface area (Å²) in [6, 6.07) is 1.51. The molecule has 1 N–H and O–H groups in total. The summed E-state index contributed by atoms with van der Waals surface area (Å²) in [6.07, 6.45) is 2.91. The predicted molar refractivity (Wildman–Crippen MR) is 67.4 cm³/mol. The van der Waals surface area contributed by atoms with Gasteiger partial charge >= 0.3 is 0 Å². The monoisotopic (exact) mass is 261 g/mol. The van der Waals surface area contributed by atoms with Crippen molar-refractivity contribution >= 4 is 11.7 Å². The first-order valence-corrected chi connectivity index (χ1v) is 6.10. The fraction of sp³-hybridized carbons (Fsp3) is 0.500. The van der Waals surface area contributed by atoms with Crippen LogP contribution in [0.15, 0.2) is 12.4 Å². The number of amides is 1. The molecule has 1 saturated heterocycles. The number of carbonyl (C=O) groups excluding carboxylic acids is 1. The highest BCUT2D eigenvalue weighted by Gasteiger charge is 2.30. The van der Waals surface area contributed by atoms with Crippen LogP contribution in [0.1, 0.15) is 12.6 Å². The van der Waals surface area contributed by atoms with Gasteiger partial charge in [-0.2, -0.15) is 5.26 Å². The number of nitriles is 1. The Labute approximate surface area is 111 Å². The molecule has 1 aliphatic rings. The van der Waals surface area contributed by atoms with Crippen molar-refractivity contribution in [2.24, 2.45) is 0 Å². The summed E-state index contributed by atoms with van der Waals surface area (Å²) in [7, 11) is 0. The van der Waals surface area contributed by atoms with E-state index in [2.05, 4.69) is 15.3 Å². The topological polar surface area (TPSA) is 91.1 Å². The Morgan fingerprint density at radius 3 is 3.11 bits per heavy atom. The molecule has 2 heterocycles. The van der Waals surface area contributed by atoms with Crippen LogP contribution < -0.4 is 10.2 Å². The van der Waals surface area contributed by atoms with E-state index in [1.807, 2.05) is 17.9 Å². The quantitative estimate of drug-likeness (QED) is 0.802. The highest BCUT2D eigenvalue weighted by atomic mass is 16.5. The first kappa shape index (κ1) is 13.2. The Hall–Kier alpha value is -2.20. The van der Waals surface area contributed by atoms with Gasteiger partial charge in [0.25, 0.3) is 0 Å². The Morgan fingerprint density at radius 2 is 2.47 bits per heavy atom. The van der Waals surface area contributed by atoms with Crippen LogP contribution in [0.25, 0.3) is 0 Å². The number of carbonyl (C=O) groups is 1. The normalized spacial score (nSPS) is 18.7. The van der Waals surface area contributed by atoms with Gasteiger partial charge in [-0.05, 0) is 6.92 Å². The largest absolute Gasteiger partial charge is 0.377 e. The number of ether oxygens (including phenoxy) is 1. The summed E-state index contributed by atoms with van der Waals surface area (Å²) < 4.78 is 5.34. The molecule has 0 radical (unpaired) electrons. The molecule has 1 atom stereocenters. The van der Waals surface area contributed by atoms with Crippen LogP contribution in [0.3, 0.4) is 0 Å².